The van der Waals surface area contributed by atoms with E-state index in [1.54, 1.807) is 5.41 Å². The lowest BCUT2D eigenvalue weighted by molar-refractivity contribution is -0.196. The van der Waals surface area contributed by atoms with Crippen LogP contribution < -0.4 is 0 Å². The van der Waals surface area contributed by atoms with Crippen LogP contribution >= 0.6 is 11.8 Å². The Kier molecular flexibility index (Phi) is 2.04. The van der Waals surface area contributed by atoms with Crippen LogP contribution in [0.15, 0.2) is 11.5 Å². The minimum atomic E-state index is -1.59. The highest BCUT2D eigenvalue weighted by molar-refractivity contribution is 8.02. The molecule has 0 aromatic carbocycles. The summed E-state index contributed by atoms with van der Waals surface area (Å²) in [6.45, 7) is 0. The van der Waals surface area contributed by atoms with Crippen molar-refractivity contribution in [1.29, 1.82) is 0 Å². The summed E-state index contributed by atoms with van der Waals surface area (Å²) in [5.74, 6) is -1.34. The summed E-state index contributed by atoms with van der Waals surface area (Å²) in [5, 5.41) is 10.6. The number of carbonyl (C=O) groups excluding carboxylic acids is 1. The number of methoxy groups -OCH3 is 1. The third-order valence-electron chi connectivity index (χ3n) is 2.41. The first-order chi connectivity index (χ1) is 6.62. The maximum atomic E-state index is 11.3. The van der Waals surface area contributed by atoms with Gasteiger partial charge >= 0.3 is 5.97 Å². The van der Waals surface area contributed by atoms with Gasteiger partial charge in [0.15, 0.2) is 0 Å². The molecule has 0 radical (unpaired) electrons. The molecular weight excluding hydrogens is 206 g/mol. The van der Waals surface area contributed by atoms with E-state index in [1.807, 2.05) is 0 Å². The van der Waals surface area contributed by atoms with Gasteiger partial charge in [-0.3, -0.25) is 9.69 Å². The first kappa shape index (κ1) is 9.54. The molecule has 2 aliphatic rings. The molecule has 0 spiro atoms. The zero-order chi connectivity index (χ0) is 10.3. The Morgan fingerprint density at radius 3 is 3.00 bits per heavy atom. The molecule has 0 aromatic heterocycles. The average molecular weight is 215 g/mol. The van der Waals surface area contributed by atoms with Crippen molar-refractivity contribution < 1.29 is 19.4 Å². The van der Waals surface area contributed by atoms with E-state index in [4.69, 9.17) is 9.84 Å². The second-order valence-electron chi connectivity index (χ2n) is 3.07. The van der Waals surface area contributed by atoms with Gasteiger partial charge in [0.2, 0.25) is 5.91 Å². The molecule has 0 bridgehead atoms. The number of ether oxygens (including phenoxy) is 1. The number of amides is 1. The molecule has 5 nitrogen and oxygen atoms in total. The highest BCUT2D eigenvalue weighted by Crippen LogP contribution is 2.42. The summed E-state index contributed by atoms with van der Waals surface area (Å²) >= 11 is 1.43. The molecule has 1 saturated heterocycles. The van der Waals surface area contributed by atoms with E-state index in [0.29, 0.717) is 6.42 Å². The number of thioether (sulfide) groups is 1. The van der Waals surface area contributed by atoms with Crippen molar-refractivity contribution in [3.05, 3.63) is 11.5 Å². The van der Waals surface area contributed by atoms with Crippen LogP contribution in [0.25, 0.3) is 0 Å². The minimum absolute atomic E-state index is 0.0939. The van der Waals surface area contributed by atoms with Crippen LogP contribution in [0.4, 0.5) is 0 Å². The van der Waals surface area contributed by atoms with Crippen LogP contribution in [-0.4, -0.2) is 40.1 Å². The molecule has 1 fully saturated rings. The lowest BCUT2D eigenvalue weighted by Gasteiger charge is -2.49. The Morgan fingerprint density at radius 2 is 2.57 bits per heavy atom. The second kappa shape index (κ2) is 2.99. The van der Waals surface area contributed by atoms with Crippen LogP contribution in [0.2, 0.25) is 0 Å². The summed E-state index contributed by atoms with van der Waals surface area (Å²) in [6.07, 6.45) is 1.78. The largest absolute Gasteiger partial charge is 0.477 e. The van der Waals surface area contributed by atoms with Crippen LogP contribution in [-0.2, 0) is 14.3 Å². The Bertz CT molecular complexity index is 329. The number of carboxylic acids is 1. The molecule has 1 amide bonds. The van der Waals surface area contributed by atoms with E-state index >= 15 is 0 Å². The van der Waals surface area contributed by atoms with E-state index in [1.165, 1.54) is 29.8 Å². The molecular formula is C8H9NO4S. The predicted octanol–water partition coefficient (Wildman–Crippen LogP) is 0.233. The maximum Gasteiger partial charge on any atom is 0.362 e. The smallest absolute Gasteiger partial charge is 0.362 e. The van der Waals surface area contributed by atoms with Crippen LogP contribution in [0.5, 0.6) is 0 Å². The molecule has 2 atom stereocenters. The molecule has 2 heterocycles. The molecule has 1 N–H and O–H groups in total. The van der Waals surface area contributed by atoms with Gasteiger partial charge in [0.1, 0.15) is 0 Å². The number of carboxylic acid groups (broad SMARTS) is 1. The molecule has 0 aromatic rings. The van der Waals surface area contributed by atoms with E-state index < -0.39 is 11.7 Å². The van der Waals surface area contributed by atoms with Crippen molar-refractivity contribution in [1.82, 2.24) is 4.90 Å². The molecule has 2 aliphatic heterocycles. The number of fused-ring (bicyclic) bond motifs is 1. The number of hydrogen-bond acceptors (Lipinski definition) is 4. The van der Waals surface area contributed by atoms with Crippen molar-refractivity contribution in [2.45, 2.75) is 17.5 Å². The Hall–Kier alpha value is -1.01. The number of rotatable bonds is 2. The Morgan fingerprint density at radius 1 is 1.86 bits per heavy atom. The van der Waals surface area contributed by atoms with Crippen molar-refractivity contribution in [2.24, 2.45) is 0 Å². The van der Waals surface area contributed by atoms with Crippen molar-refractivity contribution in [3.63, 3.8) is 0 Å². The molecule has 14 heavy (non-hydrogen) atoms. The molecule has 6 heteroatoms. The summed E-state index contributed by atoms with van der Waals surface area (Å²) < 4.78 is 4.95. The minimum Gasteiger partial charge on any atom is -0.477 e. The second-order valence-corrected chi connectivity index (χ2v) is 4.16. The highest BCUT2D eigenvalue weighted by atomic mass is 32.2. The maximum absolute atomic E-state index is 11.3. The monoisotopic (exact) mass is 215 g/mol. The van der Waals surface area contributed by atoms with Gasteiger partial charge in [-0.1, -0.05) is 0 Å². The first-order valence-electron chi connectivity index (χ1n) is 4.05. The van der Waals surface area contributed by atoms with Gasteiger partial charge in [-0.2, -0.15) is 0 Å². The van der Waals surface area contributed by atoms with E-state index in [0.717, 1.165) is 0 Å². The number of carbonyl (C=O) groups is 2. The first-order valence-corrected chi connectivity index (χ1v) is 5.00. The molecule has 0 saturated carbocycles. The molecule has 0 aliphatic carbocycles. The lowest BCUT2D eigenvalue weighted by Crippen LogP contribution is -2.67. The predicted molar refractivity (Wildman–Crippen MR) is 49.4 cm³/mol. The molecule has 76 valence electrons. The van der Waals surface area contributed by atoms with E-state index in [-0.39, 0.29) is 11.3 Å². The van der Waals surface area contributed by atoms with Crippen molar-refractivity contribution in [2.75, 3.05) is 7.11 Å². The van der Waals surface area contributed by atoms with Gasteiger partial charge in [-0.25, -0.2) is 4.79 Å². The lowest BCUT2D eigenvalue weighted by atomic mass is 10.0. The van der Waals surface area contributed by atoms with Crippen LogP contribution in [0, 0.1) is 0 Å². The van der Waals surface area contributed by atoms with Crippen molar-refractivity contribution in [3.8, 4) is 0 Å². The third-order valence-corrected chi connectivity index (χ3v) is 3.40. The van der Waals surface area contributed by atoms with E-state index in [2.05, 4.69) is 0 Å². The third kappa shape index (κ3) is 1.01. The molecule has 2 unspecified atom stereocenters. The zero-order valence-corrected chi connectivity index (χ0v) is 8.28. The standard InChI is InChI=1S/C8H9NO4S/c1-13-8(7(11)12)2-3-14-6-4-5(10)9(6)8/h2-3,6H,4H2,1H3,(H,11,12). The summed E-state index contributed by atoms with van der Waals surface area (Å²) in [7, 11) is 1.29. The number of aliphatic carboxylic acids is 1. The Labute approximate surface area is 84.7 Å². The van der Waals surface area contributed by atoms with Gasteiger partial charge in [-0.15, -0.1) is 11.8 Å². The van der Waals surface area contributed by atoms with E-state index in [9.17, 15) is 9.59 Å². The fraction of sp³-hybridized carbons (Fsp3) is 0.500. The van der Waals surface area contributed by atoms with Crippen molar-refractivity contribution >= 4 is 23.6 Å². The normalized spacial score (nSPS) is 35.1. The average Bonchev–Trinajstić information content (AvgIpc) is 2.14. The van der Waals surface area contributed by atoms with Gasteiger partial charge in [0, 0.05) is 7.11 Å². The van der Waals surface area contributed by atoms with Gasteiger partial charge in [-0.05, 0) is 11.5 Å². The summed E-state index contributed by atoms with van der Waals surface area (Å²) in [4.78, 5) is 23.6. The number of β-lactam (4-membered cyclic amide) rings is 1. The van der Waals surface area contributed by atoms with Crippen LogP contribution in [0.3, 0.4) is 0 Å². The zero-order valence-electron chi connectivity index (χ0n) is 7.47. The van der Waals surface area contributed by atoms with Gasteiger partial charge in [0.05, 0.1) is 11.8 Å². The van der Waals surface area contributed by atoms with Crippen LogP contribution in [0.1, 0.15) is 6.42 Å². The summed E-state index contributed by atoms with van der Waals surface area (Å²) in [5.41, 5.74) is -1.59. The molecule has 2 rings (SSSR count). The number of nitrogens with zero attached hydrogens (tertiary/aromatic N) is 1. The van der Waals surface area contributed by atoms with Gasteiger partial charge < -0.3 is 9.84 Å². The summed E-state index contributed by atoms with van der Waals surface area (Å²) in [6, 6.07) is 0. The fourth-order valence-electron chi connectivity index (χ4n) is 1.63. The SMILES string of the molecule is COC1(C(=O)O)C=CSC2CC(=O)N21. The quantitative estimate of drug-likeness (QED) is 0.668. The fourth-order valence-corrected chi connectivity index (χ4v) is 2.70. The topological polar surface area (TPSA) is 66.8 Å². The highest BCUT2D eigenvalue weighted by Gasteiger charge is 2.56. The number of hydrogen-bond donors (Lipinski definition) is 1. The van der Waals surface area contributed by atoms with Gasteiger partial charge in [0.25, 0.3) is 5.72 Å². The Balaban J connectivity index is 2.39.